The molecule has 1 aromatic heterocycles. The van der Waals surface area contributed by atoms with Crippen molar-refractivity contribution >= 4 is 5.69 Å². The van der Waals surface area contributed by atoms with E-state index in [4.69, 9.17) is 10.5 Å². The van der Waals surface area contributed by atoms with E-state index in [2.05, 4.69) is 10.3 Å². The Labute approximate surface area is 83.5 Å². The highest BCUT2D eigenvalue weighted by atomic mass is 16.5. The molecule has 3 N–H and O–H groups in total. The van der Waals surface area contributed by atoms with Gasteiger partial charge in [-0.2, -0.15) is 0 Å². The van der Waals surface area contributed by atoms with Gasteiger partial charge in [0.2, 0.25) is 5.88 Å². The van der Waals surface area contributed by atoms with Crippen LogP contribution >= 0.6 is 0 Å². The lowest BCUT2D eigenvalue weighted by molar-refractivity contribution is 0.394. The first kappa shape index (κ1) is 9.27. The molecular weight excluding hydrogens is 178 g/mol. The average Bonchev–Trinajstić information content (AvgIpc) is 2.71. The van der Waals surface area contributed by atoms with Gasteiger partial charge in [-0.05, 0) is 25.5 Å². The van der Waals surface area contributed by atoms with Crippen LogP contribution in [0, 0.1) is 0 Å². The number of nitrogens with one attached hydrogen (secondary N) is 1. The standard InChI is InChI=1S/C10H15N3O/c1-14-9-5-4-7(11)10(13-9)8-3-2-6-12-8/h4-5,8,12H,2-3,6,11H2,1H3. The van der Waals surface area contributed by atoms with E-state index in [9.17, 15) is 0 Å². The van der Waals surface area contributed by atoms with E-state index in [1.165, 1.54) is 6.42 Å². The van der Waals surface area contributed by atoms with Gasteiger partial charge in [0.05, 0.1) is 24.5 Å². The minimum absolute atomic E-state index is 0.296. The van der Waals surface area contributed by atoms with Crippen LogP contribution in [0.2, 0.25) is 0 Å². The molecule has 0 radical (unpaired) electrons. The number of nitrogens with two attached hydrogens (primary N) is 1. The van der Waals surface area contributed by atoms with Gasteiger partial charge in [0.15, 0.2) is 0 Å². The number of methoxy groups -OCH3 is 1. The summed E-state index contributed by atoms with van der Waals surface area (Å²) in [6.07, 6.45) is 2.29. The molecular formula is C10H15N3O. The largest absolute Gasteiger partial charge is 0.481 e. The van der Waals surface area contributed by atoms with Gasteiger partial charge in [0, 0.05) is 6.07 Å². The zero-order chi connectivity index (χ0) is 9.97. The number of ether oxygens (including phenoxy) is 1. The van der Waals surface area contributed by atoms with Gasteiger partial charge in [0.25, 0.3) is 0 Å². The van der Waals surface area contributed by atoms with Crippen LogP contribution in [0.4, 0.5) is 5.69 Å². The van der Waals surface area contributed by atoms with Crippen LogP contribution in [0.15, 0.2) is 12.1 Å². The molecule has 1 saturated heterocycles. The van der Waals surface area contributed by atoms with Gasteiger partial charge < -0.3 is 15.8 Å². The molecule has 1 unspecified atom stereocenters. The van der Waals surface area contributed by atoms with Crippen LogP contribution < -0.4 is 15.8 Å². The summed E-state index contributed by atoms with van der Waals surface area (Å²) in [5.74, 6) is 0.628. The molecule has 0 saturated carbocycles. The van der Waals surface area contributed by atoms with Crippen LogP contribution in [-0.2, 0) is 0 Å². The fourth-order valence-corrected chi connectivity index (χ4v) is 1.78. The molecule has 0 aliphatic carbocycles. The number of pyridine rings is 1. The van der Waals surface area contributed by atoms with Crippen LogP contribution in [0.5, 0.6) is 5.88 Å². The molecule has 1 aliphatic heterocycles. The zero-order valence-corrected chi connectivity index (χ0v) is 8.29. The molecule has 2 rings (SSSR count). The monoisotopic (exact) mass is 193 g/mol. The molecule has 1 fully saturated rings. The Morgan fingerprint density at radius 1 is 1.57 bits per heavy atom. The quantitative estimate of drug-likeness (QED) is 0.738. The number of anilines is 1. The number of aromatic nitrogens is 1. The van der Waals surface area contributed by atoms with Gasteiger partial charge in [-0.25, -0.2) is 4.98 Å². The third-order valence-corrected chi connectivity index (χ3v) is 2.53. The number of rotatable bonds is 2. The first-order valence-electron chi connectivity index (χ1n) is 4.85. The van der Waals surface area contributed by atoms with E-state index in [0.29, 0.717) is 11.9 Å². The highest BCUT2D eigenvalue weighted by molar-refractivity contribution is 5.46. The Kier molecular flexibility index (Phi) is 2.54. The maximum Gasteiger partial charge on any atom is 0.213 e. The summed E-state index contributed by atoms with van der Waals surface area (Å²) in [4.78, 5) is 4.36. The lowest BCUT2D eigenvalue weighted by Crippen LogP contribution is -2.16. The molecule has 4 heteroatoms. The summed E-state index contributed by atoms with van der Waals surface area (Å²) in [6.45, 7) is 1.04. The summed E-state index contributed by atoms with van der Waals surface area (Å²) < 4.78 is 5.07. The SMILES string of the molecule is COc1ccc(N)c(C2CCCN2)n1. The van der Waals surface area contributed by atoms with E-state index < -0.39 is 0 Å². The van der Waals surface area contributed by atoms with Gasteiger partial charge in [0.1, 0.15) is 0 Å². The summed E-state index contributed by atoms with van der Waals surface area (Å²) in [5, 5.41) is 3.37. The first-order valence-corrected chi connectivity index (χ1v) is 4.85. The summed E-state index contributed by atoms with van der Waals surface area (Å²) in [6, 6.07) is 3.93. The molecule has 4 nitrogen and oxygen atoms in total. The van der Waals surface area contributed by atoms with Crippen molar-refractivity contribution in [2.45, 2.75) is 18.9 Å². The normalized spacial score (nSPS) is 21.1. The van der Waals surface area contributed by atoms with Crippen molar-refractivity contribution in [1.29, 1.82) is 0 Å². The maximum atomic E-state index is 5.87. The first-order chi connectivity index (χ1) is 6.81. The lowest BCUT2D eigenvalue weighted by atomic mass is 10.1. The predicted octanol–water partition coefficient (Wildman–Crippen LogP) is 1.10. The Bertz CT molecular complexity index is 321. The molecule has 1 aliphatic rings. The van der Waals surface area contributed by atoms with Crippen molar-refractivity contribution in [2.24, 2.45) is 0 Å². The number of hydrogen-bond acceptors (Lipinski definition) is 4. The molecule has 2 heterocycles. The zero-order valence-electron chi connectivity index (χ0n) is 8.29. The minimum atomic E-state index is 0.296. The third kappa shape index (κ3) is 1.65. The van der Waals surface area contributed by atoms with Crippen molar-refractivity contribution in [2.75, 3.05) is 19.4 Å². The Morgan fingerprint density at radius 3 is 3.07 bits per heavy atom. The number of nitrogens with zero attached hydrogens (tertiary/aromatic N) is 1. The van der Waals surface area contributed by atoms with Crippen molar-refractivity contribution < 1.29 is 4.74 Å². The number of nitrogen functional groups attached to an aromatic ring is 1. The van der Waals surface area contributed by atoms with Crippen molar-refractivity contribution in [3.05, 3.63) is 17.8 Å². The fraction of sp³-hybridized carbons (Fsp3) is 0.500. The van der Waals surface area contributed by atoms with Crippen molar-refractivity contribution in [3.8, 4) is 5.88 Å². The average molecular weight is 193 g/mol. The van der Waals surface area contributed by atoms with E-state index in [1.807, 2.05) is 6.07 Å². The molecule has 14 heavy (non-hydrogen) atoms. The van der Waals surface area contributed by atoms with Gasteiger partial charge in [-0.15, -0.1) is 0 Å². The Hall–Kier alpha value is -1.29. The van der Waals surface area contributed by atoms with Crippen molar-refractivity contribution in [3.63, 3.8) is 0 Å². The van der Waals surface area contributed by atoms with E-state index in [1.54, 1.807) is 13.2 Å². The highest BCUT2D eigenvalue weighted by Crippen LogP contribution is 2.27. The Morgan fingerprint density at radius 2 is 2.43 bits per heavy atom. The maximum absolute atomic E-state index is 5.87. The van der Waals surface area contributed by atoms with Gasteiger partial charge in [-0.3, -0.25) is 0 Å². The van der Waals surface area contributed by atoms with Crippen molar-refractivity contribution in [1.82, 2.24) is 10.3 Å². The highest BCUT2D eigenvalue weighted by Gasteiger charge is 2.20. The van der Waals surface area contributed by atoms with E-state index in [-0.39, 0.29) is 0 Å². The molecule has 1 atom stereocenters. The van der Waals surface area contributed by atoms with E-state index in [0.717, 1.165) is 24.3 Å². The lowest BCUT2D eigenvalue weighted by Gasteiger charge is -2.13. The predicted molar refractivity (Wildman–Crippen MR) is 55.2 cm³/mol. The summed E-state index contributed by atoms with van der Waals surface area (Å²) in [7, 11) is 1.62. The topological polar surface area (TPSA) is 60.2 Å². The second-order valence-corrected chi connectivity index (χ2v) is 3.48. The fourth-order valence-electron chi connectivity index (χ4n) is 1.78. The second kappa shape index (κ2) is 3.84. The number of hydrogen-bond donors (Lipinski definition) is 2. The Balaban J connectivity index is 2.29. The third-order valence-electron chi connectivity index (χ3n) is 2.53. The minimum Gasteiger partial charge on any atom is -0.481 e. The smallest absolute Gasteiger partial charge is 0.213 e. The van der Waals surface area contributed by atoms with Gasteiger partial charge in [-0.1, -0.05) is 0 Å². The molecule has 76 valence electrons. The summed E-state index contributed by atoms with van der Waals surface area (Å²) in [5.41, 5.74) is 7.53. The van der Waals surface area contributed by atoms with Crippen LogP contribution in [-0.4, -0.2) is 18.6 Å². The molecule has 0 bridgehead atoms. The van der Waals surface area contributed by atoms with E-state index >= 15 is 0 Å². The van der Waals surface area contributed by atoms with Crippen LogP contribution in [0.3, 0.4) is 0 Å². The molecule has 0 amide bonds. The molecule has 0 aromatic carbocycles. The summed E-state index contributed by atoms with van der Waals surface area (Å²) >= 11 is 0. The molecule has 1 aromatic rings. The van der Waals surface area contributed by atoms with Crippen LogP contribution in [0.1, 0.15) is 24.6 Å². The van der Waals surface area contributed by atoms with Gasteiger partial charge >= 0.3 is 0 Å². The molecule has 0 spiro atoms. The second-order valence-electron chi connectivity index (χ2n) is 3.48. The van der Waals surface area contributed by atoms with Crippen LogP contribution in [0.25, 0.3) is 0 Å².